The van der Waals surface area contributed by atoms with E-state index >= 15 is 0 Å². The molecule has 0 aromatic heterocycles. The molecule has 92 valence electrons. The van der Waals surface area contributed by atoms with E-state index in [1.807, 2.05) is 26.0 Å². The number of nitrogens with one attached hydrogen (secondary N) is 1. The lowest BCUT2D eigenvalue weighted by molar-refractivity contribution is -0.112. The zero-order valence-corrected chi connectivity index (χ0v) is 12.4. The van der Waals surface area contributed by atoms with Crippen LogP contribution < -0.4 is 5.32 Å². The van der Waals surface area contributed by atoms with Crippen molar-refractivity contribution in [3.05, 3.63) is 38.8 Å². The summed E-state index contributed by atoms with van der Waals surface area (Å²) < 4.78 is 0.831. The minimum Gasteiger partial charge on any atom is -0.321 e. The van der Waals surface area contributed by atoms with Crippen LogP contribution >= 0.6 is 27.5 Å². The Bertz CT molecular complexity index is 469. The maximum atomic E-state index is 11.8. The first kappa shape index (κ1) is 14.3. The number of hydrogen-bond acceptors (Lipinski definition) is 1. The number of amides is 1. The SMILES string of the molecule is CC/C=C(/C)C(=O)Nc1cc(Cl)c(C)cc1Br. The van der Waals surface area contributed by atoms with Crippen LogP contribution in [0.5, 0.6) is 0 Å². The Morgan fingerprint density at radius 2 is 2.18 bits per heavy atom. The molecule has 0 aliphatic carbocycles. The average molecular weight is 317 g/mol. The highest BCUT2D eigenvalue weighted by molar-refractivity contribution is 9.10. The molecule has 0 saturated heterocycles. The maximum Gasteiger partial charge on any atom is 0.251 e. The van der Waals surface area contributed by atoms with Crippen LogP contribution in [0.4, 0.5) is 5.69 Å². The second-order valence-corrected chi connectivity index (χ2v) is 5.09. The fourth-order valence-corrected chi connectivity index (χ4v) is 2.08. The van der Waals surface area contributed by atoms with E-state index in [9.17, 15) is 4.79 Å². The summed E-state index contributed by atoms with van der Waals surface area (Å²) in [6.45, 7) is 5.71. The normalized spacial score (nSPS) is 11.5. The third kappa shape index (κ3) is 3.86. The molecule has 0 unspecified atom stereocenters. The third-order valence-corrected chi connectivity index (χ3v) is 3.43. The first-order chi connectivity index (χ1) is 7.95. The Kier molecular flexibility index (Phi) is 5.22. The molecule has 1 N–H and O–H groups in total. The first-order valence-electron chi connectivity index (χ1n) is 5.39. The van der Waals surface area contributed by atoms with E-state index in [0.29, 0.717) is 16.3 Å². The monoisotopic (exact) mass is 315 g/mol. The summed E-state index contributed by atoms with van der Waals surface area (Å²) in [6, 6.07) is 3.63. The van der Waals surface area contributed by atoms with E-state index in [-0.39, 0.29) is 5.91 Å². The van der Waals surface area contributed by atoms with Gasteiger partial charge in [0.1, 0.15) is 0 Å². The Hall–Kier alpha value is -0.800. The number of halogens is 2. The summed E-state index contributed by atoms with van der Waals surface area (Å²) >= 11 is 9.43. The summed E-state index contributed by atoms with van der Waals surface area (Å²) in [5.74, 6) is -0.104. The molecule has 4 heteroatoms. The van der Waals surface area contributed by atoms with Crippen molar-refractivity contribution in [3.8, 4) is 0 Å². The minimum atomic E-state index is -0.104. The molecule has 1 rings (SSSR count). The number of rotatable bonds is 3. The van der Waals surface area contributed by atoms with Crippen molar-refractivity contribution >= 4 is 39.1 Å². The van der Waals surface area contributed by atoms with Crippen LogP contribution in [0.1, 0.15) is 25.8 Å². The van der Waals surface area contributed by atoms with Crippen LogP contribution in [0.3, 0.4) is 0 Å². The van der Waals surface area contributed by atoms with Crippen molar-refractivity contribution in [3.63, 3.8) is 0 Å². The summed E-state index contributed by atoms with van der Waals surface area (Å²) in [5.41, 5.74) is 2.36. The molecule has 1 amide bonds. The van der Waals surface area contributed by atoms with Gasteiger partial charge >= 0.3 is 0 Å². The molecule has 0 aliphatic rings. The topological polar surface area (TPSA) is 29.1 Å². The van der Waals surface area contributed by atoms with Crippen LogP contribution in [-0.2, 0) is 4.79 Å². The van der Waals surface area contributed by atoms with Crippen molar-refractivity contribution < 1.29 is 4.79 Å². The summed E-state index contributed by atoms with van der Waals surface area (Å²) in [4.78, 5) is 11.8. The lowest BCUT2D eigenvalue weighted by atomic mass is 10.2. The summed E-state index contributed by atoms with van der Waals surface area (Å²) in [5, 5.41) is 3.46. The Morgan fingerprint density at radius 3 is 2.76 bits per heavy atom. The maximum absolute atomic E-state index is 11.8. The summed E-state index contributed by atoms with van der Waals surface area (Å²) in [7, 11) is 0. The van der Waals surface area contributed by atoms with Crippen LogP contribution in [0.2, 0.25) is 5.02 Å². The smallest absolute Gasteiger partial charge is 0.251 e. The highest BCUT2D eigenvalue weighted by Crippen LogP contribution is 2.29. The van der Waals surface area contributed by atoms with Crippen LogP contribution in [0.25, 0.3) is 0 Å². The number of benzene rings is 1. The zero-order chi connectivity index (χ0) is 13.0. The fourth-order valence-electron chi connectivity index (χ4n) is 1.36. The van der Waals surface area contributed by atoms with Crippen LogP contribution in [-0.4, -0.2) is 5.91 Å². The van der Waals surface area contributed by atoms with Gasteiger partial charge in [-0.25, -0.2) is 0 Å². The van der Waals surface area contributed by atoms with Gasteiger partial charge < -0.3 is 5.32 Å². The molecule has 17 heavy (non-hydrogen) atoms. The van der Waals surface area contributed by atoms with Crippen LogP contribution in [0, 0.1) is 6.92 Å². The Labute approximate surface area is 115 Å². The molecule has 0 atom stereocenters. The molecule has 0 aliphatic heterocycles. The van der Waals surface area contributed by atoms with Gasteiger partial charge in [0, 0.05) is 15.1 Å². The van der Waals surface area contributed by atoms with E-state index in [0.717, 1.165) is 16.5 Å². The van der Waals surface area contributed by atoms with Crippen molar-refractivity contribution in [2.75, 3.05) is 5.32 Å². The predicted molar refractivity (Wildman–Crippen MR) is 76.6 cm³/mol. The van der Waals surface area contributed by atoms with E-state index in [4.69, 9.17) is 11.6 Å². The third-order valence-electron chi connectivity index (χ3n) is 2.36. The average Bonchev–Trinajstić information content (AvgIpc) is 2.26. The lowest BCUT2D eigenvalue weighted by Gasteiger charge is -2.09. The summed E-state index contributed by atoms with van der Waals surface area (Å²) in [6.07, 6.45) is 2.73. The molecule has 0 saturated carbocycles. The van der Waals surface area contributed by atoms with Crippen molar-refractivity contribution in [2.45, 2.75) is 27.2 Å². The fraction of sp³-hybridized carbons (Fsp3) is 0.308. The van der Waals surface area contributed by atoms with E-state index in [1.54, 1.807) is 13.0 Å². The highest BCUT2D eigenvalue weighted by atomic mass is 79.9. The molecule has 0 radical (unpaired) electrons. The van der Waals surface area contributed by atoms with Gasteiger partial charge in [-0.05, 0) is 53.9 Å². The number of carbonyl (C=O) groups is 1. The number of allylic oxidation sites excluding steroid dienone is 1. The minimum absolute atomic E-state index is 0.104. The predicted octanol–water partition coefficient (Wildman–Crippen LogP) is 4.71. The van der Waals surface area contributed by atoms with Crippen molar-refractivity contribution in [1.82, 2.24) is 0 Å². The molecule has 0 heterocycles. The van der Waals surface area contributed by atoms with Crippen molar-refractivity contribution in [1.29, 1.82) is 0 Å². The molecular formula is C13H15BrClNO. The van der Waals surface area contributed by atoms with Gasteiger partial charge in [0.25, 0.3) is 5.91 Å². The lowest BCUT2D eigenvalue weighted by Crippen LogP contribution is -2.13. The largest absolute Gasteiger partial charge is 0.321 e. The van der Waals surface area contributed by atoms with Gasteiger partial charge in [-0.1, -0.05) is 24.6 Å². The Balaban J connectivity index is 2.93. The number of anilines is 1. The van der Waals surface area contributed by atoms with E-state index < -0.39 is 0 Å². The quantitative estimate of drug-likeness (QED) is 0.804. The van der Waals surface area contributed by atoms with Gasteiger partial charge in [-0.3, -0.25) is 4.79 Å². The first-order valence-corrected chi connectivity index (χ1v) is 6.56. The van der Waals surface area contributed by atoms with Gasteiger partial charge in [0.15, 0.2) is 0 Å². The van der Waals surface area contributed by atoms with E-state index in [1.165, 1.54) is 0 Å². The molecule has 1 aromatic rings. The molecule has 2 nitrogen and oxygen atoms in total. The molecule has 0 fully saturated rings. The van der Waals surface area contributed by atoms with Gasteiger partial charge in [0.05, 0.1) is 5.69 Å². The zero-order valence-electron chi connectivity index (χ0n) is 10.1. The van der Waals surface area contributed by atoms with Gasteiger partial charge in [0.2, 0.25) is 0 Å². The van der Waals surface area contributed by atoms with Gasteiger partial charge in [-0.2, -0.15) is 0 Å². The number of aryl methyl sites for hydroxylation is 1. The molecule has 0 spiro atoms. The second-order valence-electron chi connectivity index (χ2n) is 3.83. The standard InChI is InChI=1S/C13H15BrClNO/c1-4-5-8(2)13(17)16-12-7-11(15)9(3)6-10(12)14/h5-7H,4H2,1-3H3,(H,16,17)/b8-5-. The molecular weight excluding hydrogens is 302 g/mol. The van der Waals surface area contributed by atoms with Crippen LogP contribution in [0.15, 0.2) is 28.3 Å². The molecule has 0 bridgehead atoms. The van der Waals surface area contributed by atoms with Gasteiger partial charge in [-0.15, -0.1) is 0 Å². The number of hydrogen-bond donors (Lipinski definition) is 1. The molecule has 1 aromatic carbocycles. The number of carbonyl (C=O) groups excluding carboxylic acids is 1. The highest BCUT2D eigenvalue weighted by Gasteiger charge is 2.09. The second kappa shape index (κ2) is 6.22. The Morgan fingerprint density at radius 1 is 1.53 bits per heavy atom. The van der Waals surface area contributed by atoms with Crippen molar-refractivity contribution in [2.24, 2.45) is 0 Å². The van der Waals surface area contributed by atoms with E-state index in [2.05, 4.69) is 21.2 Å².